The molecule has 2 aromatic rings. The number of fused-ring (bicyclic) bond motifs is 1. The minimum atomic E-state index is -3.94. The summed E-state index contributed by atoms with van der Waals surface area (Å²) in [6, 6.07) is 10.0. The van der Waals surface area contributed by atoms with E-state index in [1.807, 2.05) is 26.0 Å². The summed E-state index contributed by atoms with van der Waals surface area (Å²) < 4.78 is 28.3. The summed E-state index contributed by atoms with van der Waals surface area (Å²) in [5.41, 5.74) is 2.82. The number of hydroxylamine groups is 1. The van der Waals surface area contributed by atoms with Gasteiger partial charge in [0, 0.05) is 6.54 Å². The Morgan fingerprint density at radius 1 is 1.07 bits per heavy atom. The number of nitrogens with one attached hydrogen (secondary N) is 1. The van der Waals surface area contributed by atoms with Gasteiger partial charge < -0.3 is 0 Å². The van der Waals surface area contributed by atoms with Gasteiger partial charge in [-0.15, -0.1) is 0 Å². The molecule has 0 saturated heterocycles. The lowest BCUT2D eigenvalue weighted by Gasteiger charge is -2.32. The van der Waals surface area contributed by atoms with Gasteiger partial charge in [-0.05, 0) is 53.1 Å². The summed E-state index contributed by atoms with van der Waals surface area (Å²) >= 11 is 0. The number of carbonyl (C=O) groups is 1. The van der Waals surface area contributed by atoms with E-state index in [9.17, 15) is 18.4 Å². The van der Waals surface area contributed by atoms with Crippen LogP contribution in [0.3, 0.4) is 0 Å². The molecule has 2 aromatic carbocycles. The van der Waals surface area contributed by atoms with Gasteiger partial charge in [0.2, 0.25) is 10.0 Å². The van der Waals surface area contributed by atoms with Gasteiger partial charge in [-0.2, -0.15) is 4.31 Å². The first-order valence-corrected chi connectivity index (χ1v) is 11.5. The number of hydrogen-bond acceptors (Lipinski definition) is 4. The first kappa shape index (κ1) is 23.3. The maximum atomic E-state index is 13.5. The van der Waals surface area contributed by atoms with Crippen molar-refractivity contribution in [2.75, 3.05) is 6.54 Å². The lowest BCUT2D eigenvalue weighted by atomic mass is 10.0. The molecule has 0 heterocycles. The quantitative estimate of drug-likeness (QED) is 0.475. The van der Waals surface area contributed by atoms with E-state index in [-0.39, 0.29) is 23.3 Å². The average Bonchev–Trinajstić information content (AvgIpc) is 2.68. The lowest BCUT2D eigenvalue weighted by molar-refractivity contribution is -0.134. The molecule has 0 aliphatic rings. The van der Waals surface area contributed by atoms with Gasteiger partial charge in [0.05, 0.1) is 4.90 Å². The molecule has 0 fully saturated rings. The fraction of sp³-hybridized carbons (Fsp3) is 0.500. The molecule has 0 aliphatic heterocycles. The minimum Gasteiger partial charge on any atom is -0.289 e. The van der Waals surface area contributed by atoms with Crippen molar-refractivity contribution < 1.29 is 18.4 Å². The van der Waals surface area contributed by atoms with Gasteiger partial charge in [-0.1, -0.05) is 58.9 Å². The van der Waals surface area contributed by atoms with Crippen molar-refractivity contribution in [1.82, 2.24) is 9.79 Å². The van der Waals surface area contributed by atoms with Crippen LogP contribution in [-0.2, 0) is 21.2 Å². The highest BCUT2D eigenvalue weighted by molar-refractivity contribution is 7.89. The zero-order valence-electron chi connectivity index (χ0n) is 17.8. The van der Waals surface area contributed by atoms with Crippen molar-refractivity contribution >= 4 is 26.7 Å². The molecular formula is C22H32N2O4S. The number of sulfonamides is 1. The van der Waals surface area contributed by atoms with Gasteiger partial charge in [-0.25, -0.2) is 13.9 Å². The molecule has 1 atom stereocenters. The lowest BCUT2D eigenvalue weighted by Crippen LogP contribution is -2.52. The molecule has 29 heavy (non-hydrogen) atoms. The van der Waals surface area contributed by atoms with Crippen molar-refractivity contribution in [3.05, 3.63) is 42.0 Å². The van der Waals surface area contributed by atoms with E-state index in [0.717, 1.165) is 17.2 Å². The normalized spacial score (nSPS) is 13.4. The Morgan fingerprint density at radius 2 is 1.69 bits per heavy atom. The number of hydrogen-bond donors (Lipinski definition) is 2. The van der Waals surface area contributed by atoms with Crippen LogP contribution in [0.1, 0.15) is 46.6 Å². The van der Waals surface area contributed by atoms with Crippen LogP contribution in [-0.4, -0.2) is 36.4 Å². The molecule has 0 saturated carbocycles. The second-order valence-electron chi connectivity index (χ2n) is 8.16. The van der Waals surface area contributed by atoms with Crippen LogP contribution in [0.25, 0.3) is 10.8 Å². The van der Waals surface area contributed by atoms with E-state index in [4.69, 9.17) is 0 Å². The van der Waals surface area contributed by atoms with Crippen LogP contribution in [0, 0.1) is 11.8 Å². The molecule has 160 valence electrons. The van der Waals surface area contributed by atoms with Crippen LogP contribution in [0.2, 0.25) is 0 Å². The van der Waals surface area contributed by atoms with Gasteiger partial charge >= 0.3 is 0 Å². The third kappa shape index (κ3) is 5.35. The Labute approximate surface area is 173 Å². The molecular weight excluding hydrogens is 388 g/mol. The number of carbonyl (C=O) groups excluding carboxylic acids is 1. The number of rotatable bonds is 9. The van der Waals surface area contributed by atoms with E-state index in [1.165, 1.54) is 9.87 Å². The molecule has 0 aliphatic carbocycles. The van der Waals surface area contributed by atoms with Crippen molar-refractivity contribution in [3.63, 3.8) is 0 Å². The number of aryl methyl sites for hydroxylation is 1. The summed E-state index contributed by atoms with van der Waals surface area (Å²) in [6.07, 6.45) is 1.51. The molecule has 2 rings (SSSR count). The zero-order chi connectivity index (χ0) is 21.8. The Bertz CT molecular complexity index is 954. The highest BCUT2D eigenvalue weighted by Gasteiger charge is 2.37. The van der Waals surface area contributed by atoms with E-state index < -0.39 is 22.0 Å². The fourth-order valence-electron chi connectivity index (χ4n) is 3.42. The summed E-state index contributed by atoms with van der Waals surface area (Å²) in [5, 5.41) is 11.0. The van der Waals surface area contributed by atoms with E-state index in [2.05, 4.69) is 13.0 Å². The largest absolute Gasteiger partial charge is 0.289 e. The summed E-state index contributed by atoms with van der Waals surface area (Å²) in [4.78, 5) is 12.5. The fourth-order valence-corrected chi connectivity index (χ4v) is 5.19. The molecule has 0 bridgehead atoms. The van der Waals surface area contributed by atoms with Crippen LogP contribution < -0.4 is 5.48 Å². The summed E-state index contributed by atoms with van der Waals surface area (Å²) in [6.45, 7) is 9.81. The predicted octanol–water partition coefficient (Wildman–Crippen LogP) is 3.97. The summed E-state index contributed by atoms with van der Waals surface area (Å²) in [5.74, 6) is -0.765. The smallest absolute Gasteiger partial charge is 0.262 e. The van der Waals surface area contributed by atoms with Crippen molar-refractivity contribution in [3.8, 4) is 0 Å². The van der Waals surface area contributed by atoms with Crippen LogP contribution >= 0.6 is 0 Å². The minimum absolute atomic E-state index is 0.148. The van der Waals surface area contributed by atoms with Crippen LogP contribution in [0.15, 0.2) is 41.3 Å². The monoisotopic (exact) mass is 420 g/mol. The van der Waals surface area contributed by atoms with Gasteiger partial charge in [0.15, 0.2) is 0 Å². The first-order chi connectivity index (χ1) is 13.6. The van der Waals surface area contributed by atoms with Gasteiger partial charge in [0.25, 0.3) is 5.91 Å². The molecule has 0 spiro atoms. The van der Waals surface area contributed by atoms with Crippen LogP contribution in [0.5, 0.6) is 0 Å². The highest BCUT2D eigenvalue weighted by Crippen LogP contribution is 2.27. The second-order valence-corrected chi connectivity index (χ2v) is 10.1. The zero-order valence-corrected chi connectivity index (χ0v) is 18.7. The predicted molar refractivity (Wildman–Crippen MR) is 115 cm³/mol. The van der Waals surface area contributed by atoms with E-state index in [1.54, 1.807) is 37.5 Å². The van der Waals surface area contributed by atoms with Crippen molar-refractivity contribution in [2.24, 2.45) is 11.8 Å². The second kappa shape index (κ2) is 9.69. The number of benzene rings is 2. The highest BCUT2D eigenvalue weighted by atomic mass is 32.2. The topological polar surface area (TPSA) is 86.7 Å². The molecule has 1 unspecified atom stereocenters. The SMILES string of the molecule is CCc1ccc2cc(S(=O)(=O)N(CCC(C)C)C(C(=O)NO)C(C)C)ccc2c1. The summed E-state index contributed by atoms with van der Waals surface area (Å²) in [7, 11) is -3.94. The van der Waals surface area contributed by atoms with E-state index >= 15 is 0 Å². The Hall–Kier alpha value is -1.96. The number of amides is 1. The molecule has 6 nitrogen and oxygen atoms in total. The van der Waals surface area contributed by atoms with Crippen LogP contribution in [0.4, 0.5) is 0 Å². The standard InChI is InChI=1S/C22H32N2O4S/c1-6-17-7-8-19-14-20(10-9-18(19)13-17)29(27,28)24(12-11-15(2)3)21(16(4)5)22(25)23-26/h7-10,13-16,21,26H,6,11-12H2,1-5H3,(H,23,25). The molecule has 7 heteroatoms. The molecule has 1 amide bonds. The Kier molecular flexibility index (Phi) is 7.80. The Morgan fingerprint density at radius 3 is 2.24 bits per heavy atom. The first-order valence-electron chi connectivity index (χ1n) is 10.1. The molecule has 2 N–H and O–H groups in total. The van der Waals surface area contributed by atoms with Gasteiger partial charge in [-0.3, -0.25) is 10.0 Å². The molecule has 0 aromatic heterocycles. The third-order valence-electron chi connectivity index (χ3n) is 5.14. The van der Waals surface area contributed by atoms with E-state index in [0.29, 0.717) is 6.42 Å². The van der Waals surface area contributed by atoms with Crippen molar-refractivity contribution in [2.45, 2.75) is 58.4 Å². The maximum Gasteiger partial charge on any atom is 0.262 e. The number of nitrogens with zero attached hydrogens (tertiary/aromatic N) is 1. The van der Waals surface area contributed by atoms with Crippen molar-refractivity contribution in [1.29, 1.82) is 0 Å². The Balaban J connectivity index is 2.55. The molecule has 0 radical (unpaired) electrons. The average molecular weight is 421 g/mol. The maximum absolute atomic E-state index is 13.5. The van der Waals surface area contributed by atoms with Gasteiger partial charge in [0.1, 0.15) is 6.04 Å². The third-order valence-corrected chi connectivity index (χ3v) is 7.02.